The van der Waals surface area contributed by atoms with Crippen LogP contribution < -0.4 is 0 Å². The number of rotatable bonds is 5. The Bertz CT molecular complexity index is 619. The molecule has 3 rings (SSSR count). The zero-order valence-electron chi connectivity index (χ0n) is 14.6. The lowest BCUT2D eigenvalue weighted by atomic mass is 9.69. The molecule has 1 aromatic rings. The number of hydrogen-bond donors (Lipinski definition) is 0. The van der Waals surface area contributed by atoms with Crippen LogP contribution in [0.1, 0.15) is 43.7 Å². The van der Waals surface area contributed by atoms with Crippen molar-refractivity contribution in [1.82, 2.24) is 9.80 Å². The highest BCUT2D eigenvalue weighted by atomic mass is 35.5. The zero-order valence-corrected chi connectivity index (χ0v) is 15.4. The van der Waals surface area contributed by atoms with Gasteiger partial charge in [-0.1, -0.05) is 31.2 Å². The van der Waals surface area contributed by atoms with E-state index in [2.05, 4.69) is 24.9 Å². The fourth-order valence-electron chi connectivity index (χ4n) is 4.01. The number of hydrogen-bond acceptors (Lipinski definition) is 3. The van der Waals surface area contributed by atoms with Gasteiger partial charge in [0.2, 0.25) is 11.8 Å². The molecule has 0 N–H and O–H groups in total. The molecule has 1 heterocycles. The molecule has 0 saturated carbocycles. The van der Waals surface area contributed by atoms with E-state index < -0.39 is 5.41 Å². The van der Waals surface area contributed by atoms with Gasteiger partial charge in [-0.15, -0.1) is 12.4 Å². The lowest BCUT2D eigenvalue weighted by Crippen LogP contribution is -2.41. The number of carbonyl (C=O) groups excluding carboxylic acids is 2. The first kappa shape index (κ1) is 18.9. The Morgan fingerprint density at radius 3 is 2.75 bits per heavy atom. The molecule has 1 unspecified atom stereocenters. The van der Waals surface area contributed by atoms with Crippen molar-refractivity contribution in [3.8, 4) is 0 Å². The van der Waals surface area contributed by atoms with Gasteiger partial charge in [0.1, 0.15) is 0 Å². The topological polar surface area (TPSA) is 40.6 Å². The van der Waals surface area contributed by atoms with Gasteiger partial charge in [0.05, 0.1) is 5.41 Å². The summed E-state index contributed by atoms with van der Waals surface area (Å²) >= 11 is 0. The van der Waals surface area contributed by atoms with Gasteiger partial charge in [0.15, 0.2) is 0 Å². The van der Waals surface area contributed by atoms with Gasteiger partial charge in [0, 0.05) is 13.0 Å². The van der Waals surface area contributed by atoms with Crippen molar-refractivity contribution in [3.63, 3.8) is 0 Å². The van der Waals surface area contributed by atoms with Gasteiger partial charge in [0.25, 0.3) is 0 Å². The Labute approximate surface area is 150 Å². The smallest absolute Gasteiger partial charge is 0.240 e. The lowest BCUT2D eigenvalue weighted by molar-refractivity contribution is -0.140. The average molecular weight is 351 g/mol. The molecule has 1 spiro atoms. The summed E-state index contributed by atoms with van der Waals surface area (Å²) in [6, 6.07) is 8.17. The van der Waals surface area contributed by atoms with Crippen LogP contribution in [-0.4, -0.2) is 48.3 Å². The highest BCUT2D eigenvalue weighted by Gasteiger charge is 2.53. The molecule has 2 amide bonds. The molecule has 2 aliphatic rings. The minimum Gasteiger partial charge on any atom is -0.307 e. The predicted octanol–water partition coefficient (Wildman–Crippen LogP) is 2.78. The molecule has 4 nitrogen and oxygen atoms in total. The van der Waals surface area contributed by atoms with Gasteiger partial charge in [-0.3, -0.25) is 14.5 Å². The molecule has 1 saturated heterocycles. The van der Waals surface area contributed by atoms with Crippen molar-refractivity contribution in [3.05, 3.63) is 35.4 Å². The van der Waals surface area contributed by atoms with Crippen molar-refractivity contribution in [2.45, 2.75) is 44.4 Å². The molecule has 24 heavy (non-hydrogen) atoms. The first-order chi connectivity index (χ1) is 11.1. The molecule has 1 aliphatic carbocycles. The van der Waals surface area contributed by atoms with Crippen molar-refractivity contribution >= 4 is 24.2 Å². The number of likely N-dealkylation sites (tertiary alicyclic amines) is 1. The molecule has 132 valence electrons. The number of fused-ring (bicyclic) bond motifs is 2. The monoisotopic (exact) mass is 350 g/mol. The summed E-state index contributed by atoms with van der Waals surface area (Å²) in [7, 11) is 2.06. The maximum atomic E-state index is 13.1. The van der Waals surface area contributed by atoms with Crippen LogP contribution in [0.15, 0.2) is 24.3 Å². The maximum Gasteiger partial charge on any atom is 0.240 e. The number of aryl methyl sites for hydroxylation is 1. The SMILES string of the molecule is CCN(C)CCCN1C(=O)CC2(CCCc3ccccc32)C1=O.Cl. The summed E-state index contributed by atoms with van der Waals surface area (Å²) in [6.45, 7) is 4.56. The van der Waals surface area contributed by atoms with Crippen LogP contribution in [0.4, 0.5) is 0 Å². The molecule has 0 bridgehead atoms. The number of nitrogens with zero attached hydrogens (tertiary/aromatic N) is 2. The Balaban J connectivity index is 0.00000208. The van der Waals surface area contributed by atoms with Crippen LogP contribution >= 0.6 is 12.4 Å². The summed E-state index contributed by atoms with van der Waals surface area (Å²) in [4.78, 5) is 29.3. The number of imide groups is 1. The second-order valence-electron chi connectivity index (χ2n) is 6.87. The fraction of sp³-hybridized carbons (Fsp3) is 0.579. The highest BCUT2D eigenvalue weighted by molar-refractivity contribution is 6.09. The van der Waals surface area contributed by atoms with Crippen LogP contribution in [0.25, 0.3) is 0 Å². The van der Waals surface area contributed by atoms with E-state index in [9.17, 15) is 9.59 Å². The Morgan fingerprint density at radius 2 is 2.00 bits per heavy atom. The van der Waals surface area contributed by atoms with Gasteiger partial charge in [-0.05, 0) is 56.9 Å². The molecule has 1 atom stereocenters. The van der Waals surface area contributed by atoms with Crippen LogP contribution in [0.5, 0.6) is 0 Å². The standard InChI is InChI=1S/C19H26N2O2.ClH/c1-3-20(2)12-7-13-21-17(22)14-19(18(21)23)11-6-9-15-8-4-5-10-16(15)19;/h4-5,8,10H,3,6-7,9,11-14H2,1-2H3;1H. The average Bonchev–Trinajstić information content (AvgIpc) is 2.80. The van der Waals surface area contributed by atoms with Gasteiger partial charge in [-0.25, -0.2) is 0 Å². The molecular weight excluding hydrogens is 324 g/mol. The molecule has 1 fully saturated rings. The Kier molecular flexibility index (Phi) is 6.05. The Morgan fingerprint density at radius 1 is 1.25 bits per heavy atom. The molecule has 1 aliphatic heterocycles. The van der Waals surface area contributed by atoms with Crippen molar-refractivity contribution in [1.29, 1.82) is 0 Å². The van der Waals surface area contributed by atoms with E-state index in [0.29, 0.717) is 13.0 Å². The van der Waals surface area contributed by atoms with Crippen molar-refractivity contribution < 1.29 is 9.59 Å². The number of halogens is 1. The third kappa shape index (κ3) is 3.22. The summed E-state index contributed by atoms with van der Waals surface area (Å²) in [5.41, 5.74) is 1.76. The molecular formula is C19H27ClN2O2. The molecule has 5 heteroatoms. The minimum atomic E-state index is -0.581. The van der Waals surface area contributed by atoms with Crippen LogP contribution in [0.2, 0.25) is 0 Å². The summed E-state index contributed by atoms with van der Waals surface area (Å²) in [5.74, 6) is 0.0413. The van der Waals surface area contributed by atoms with Crippen molar-refractivity contribution in [2.24, 2.45) is 0 Å². The van der Waals surface area contributed by atoms with Crippen LogP contribution in [0.3, 0.4) is 0 Å². The van der Waals surface area contributed by atoms with E-state index in [-0.39, 0.29) is 24.2 Å². The highest BCUT2D eigenvalue weighted by Crippen LogP contribution is 2.45. The molecule has 0 aromatic heterocycles. The van der Waals surface area contributed by atoms with Gasteiger partial charge >= 0.3 is 0 Å². The lowest BCUT2D eigenvalue weighted by Gasteiger charge is -2.33. The van der Waals surface area contributed by atoms with Gasteiger partial charge in [-0.2, -0.15) is 0 Å². The third-order valence-corrected chi connectivity index (χ3v) is 5.45. The van der Waals surface area contributed by atoms with E-state index in [1.165, 1.54) is 10.5 Å². The van der Waals surface area contributed by atoms with Gasteiger partial charge < -0.3 is 4.90 Å². The zero-order chi connectivity index (χ0) is 16.4. The quantitative estimate of drug-likeness (QED) is 0.767. The first-order valence-corrected chi connectivity index (χ1v) is 8.70. The van der Waals surface area contributed by atoms with Crippen LogP contribution in [0, 0.1) is 0 Å². The first-order valence-electron chi connectivity index (χ1n) is 8.70. The van der Waals surface area contributed by atoms with E-state index in [1.807, 2.05) is 18.2 Å². The van der Waals surface area contributed by atoms with Crippen molar-refractivity contribution in [2.75, 3.05) is 26.7 Å². The molecule has 0 radical (unpaired) electrons. The predicted molar refractivity (Wildman–Crippen MR) is 97.4 cm³/mol. The maximum absolute atomic E-state index is 13.1. The van der Waals surface area contributed by atoms with E-state index in [0.717, 1.165) is 44.3 Å². The summed E-state index contributed by atoms with van der Waals surface area (Å²) in [5, 5.41) is 0. The van der Waals surface area contributed by atoms with E-state index in [1.54, 1.807) is 0 Å². The number of carbonyl (C=O) groups is 2. The van der Waals surface area contributed by atoms with Crippen LogP contribution in [-0.2, 0) is 21.4 Å². The molecule has 1 aromatic carbocycles. The second kappa shape index (κ2) is 7.66. The van der Waals surface area contributed by atoms with E-state index >= 15 is 0 Å². The fourth-order valence-corrected chi connectivity index (χ4v) is 4.01. The Hall–Kier alpha value is -1.39. The third-order valence-electron chi connectivity index (χ3n) is 5.45. The summed E-state index contributed by atoms with van der Waals surface area (Å²) < 4.78 is 0. The largest absolute Gasteiger partial charge is 0.307 e. The minimum absolute atomic E-state index is 0. The number of benzene rings is 1. The normalized spacial score (nSPS) is 22.9. The second-order valence-corrected chi connectivity index (χ2v) is 6.87. The van der Waals surface area contributed by atoms with E-state index in [4.69, 9.17) is 0 Å². The number of amides is 2. The summed E-state index contributed by atoms with van der Waals surface area (Å²) in [6.07, 6.45) is 4.01.